The summed E-state index contributed by atoms with van der Waals surface area (Å²) in [7, 11) is 0. The van der Waals surface area contributed by atoms with E-state index in [-0.39, 0.29) is 30.8 Å². The number of aromatic nitrogens is 2. The lowest BCUT2D eigenvalue weighted by Gasteiger charge is -2.36. The van der Waals surface area contributed by atoms with Gasteiger partial charge in [-0.3, -0.25) is 14.3 Å². The maximum atomic E-state index is 12.6. The zero-order chi connectivity index (χ0) is 15.1. The minimum atomic E-state index is -0.695. The molecule has 0 radical (unpaired) electrons. The minimum Gasteiger partial charge on any atom is -0.355 e. The van der Waals surface area contributed by atoms with Crippen molar-refractivity contribution in [1.29, 1.82) is 0 Å². The first-order valence-electron chi connectivity index (χ1n) is 7.45. The number of nitrogens with zero attached hydrogens (tertiary/aromatic N) is 2. The number of carbonyl (C=O) groups is 2. The Labute approximate surface area is 136 Å². The van der Waals surface area contributed by atoms with Crippen LogP contribution in [0.3, 0.4) is 0 Å². The second-order valence-corrected chi connectivity index (χ2v) is 5.26. The van der Waals surface area contributed by atoms with Crippen molar-refractivity contribution in [3.63, 3.8) is 0 Å². The van der Waals surface area contributed by atoms with Gasteiger partial charge < -0.3 is 16.0 Å². The first-order chi connectivity index (χ1) is 10.2. The summed E-state index contributed by atoms with van der Waals surface area (Å²) in [5.41, 5.74) is -0.695. The van der Waals surface area contributed by atoms with Crippen molar-refractivity contribution in [2.45, 2.75) is 31.7 Å². The maximum Gasteiger partial charge on any atom is 0.248 e. The number of halogens is 1. The van der Waals surface area contributed by atoms with Crippen LogP contribution in [-0.4, -0.2) is 47.8 Å². The van der Waals surface area contributed by atoms with Gasteiger partial charge in [-0.2, -0.15) is 5.10 Å². The molecule has 0 saturated carbocycles. The van der Waals surface area contributed by atoms with E-state index in [1.165, 1.54) is 0 Å². The molecule has 0 atom stereocenters. The van der Waals surface area contributed by atoms with Gasteiger partial charge in [0.25, 0.3) is 0 Å². The number of piperidine rings is 1. The average molecular weight is 330 g/mol. The standard InChI is InChI=1S/C14H23N5O2.ClH/c1-2-6-16-12(20)11-17-13(21)14(4-8-15-9-5-14)19-10-3-7-18-19;/h3,7,10,15H,2,4-6,8-9,11H2,1H3,(H,16,20)(H,17,21);1H. The molecule has 2 amide bonds. The summed E-state index contributed by atoms with van der Waals surface area (Å²) in [6, 6.07) is 1.81. The first-order valence-corrected chi connectivity index (χ1v) is 7.45. The molecule has 1 aliphatic heterocycles. The largest absolute Gasteiger partial charge is 0.355 e. The van der Waals surface area contributed by atoms with Gasteiger partial charge in [0.15, 0.2) is 0 Å². The fraction of sp³-hybridized carbons (Fsp3) is 0.643. The normalized spacial score (nSPS) is 16.4. The lowest BCUT2D eigenvalue weighted by molar-refractivity contribution is -0.134. The molecule has 1 saturated heterocycles. The molecule has 0 unspecified atom stereocenters. The van der Waals surface area contributed by atoms with Crippen LogP contribution < -0.4 is 16.0 Å². The van der Waals surface area contributed by atoms with Crippen molar-refractivity contribution >= 4 is 24.2 Å². The van der Waals surface area contributed by atoms with E-state index in [4.69, 9.17) is 0 Å². The molecule has 0 bridgehead atoms. The molecular weight excluding hydrogens is 306 g/mol. The Kier molecular flexibility index (Phi) is 7.34. The summed E-state index contributed by atoms with van der Waals surface area (Å²) in [5.74, 6) is -0.297. The average Bonchev–Trinajstić information content (AvgIpc) is 3.06. The van der Waals surface area contributed by atoms with E-state index >= 15 is 0 Å². The lowest BCUT2D eigenvalue weighted by atomic mass is 9.87. The number of rotatable bonds is 6. The molecule has 1 aromatic rings. The number of carbonyl (C=O) groups excluding carboxylic acids is 2. The summed E-state index contributed by atoms with van der Waals surface area (Å²) < 4.78 is 1.72. The Balaban J connectivity index is 0.00000242. The van der Waals surface area contributed by atoms with E-state index in [1.807, 2.05) is 19.2 Å². The van der Waals surface area contributed by atoms with E-state index in [0.717, 1.165) is 19.5 Å². The van der Waals surface area contributed by atoms with Crippen LogP contribution in [0.25, 0.3) is 0 Å². The van der Waals surface area contributed by atoms with Crippen molar-refractivity contribution < 1.29 is 9.59 Å². The molecule has 124 valence electrons. The molecule has 1 aromatic heterocycles. The second-order valence-electron chi connectivity index (χ2n) is 5.26. The zero-order valence-corrected chi connectivity index (χ0v) is 13.6. The Morgan fingerprint density at radius 2 is 2.05 bits per heavy atom. The first kappa shape index (κ1) is 18.4. The van der Waals surface area contributed by atoms with Crippen LogP contribution in [-0.2, 0) is 15.1 Å². The summed E-state index contributed by atoms with van der Waals surface area (Å²) in [6.07, 6.45) is 5.68. The van der Waals surface area contributed by atoms with Gasteiger partial charge in [-0.05, 0) is 38.4 Å². The highest BCUT2D eigenvalue weighted by molar-refractivity contribution is 5.89. The van der Waals surface area contributed by atoms with Gasteiger partial charge in [-0.15, -0.1) is 12.4 Å². The van der Waals surface area contributed by atoms with Crippen LogP contribution in [0.4, 0.5) is 0 Å². The Morgan fingerprint density at radius 3 is 2.64 bits per heavy atom. The van der Waals surface area contributed by atoms with Crippen molar-refractivity contribution in [3.05, 3.63) is 18.5 Å². The smallest absolute Gasteiger partial charge is 0.248 e. The van der Waals surface area contributed by atoms with Crippen molar-refractivity contribution in [2.24, 2.45) is 0 Å². The third-order valence-electron chi connectivity index (χ3n) is 3.78. The Hall–Kier alpha value is -1.60. The number of hydrogen-bond donors (Lipinski definition) is 3. The minimum absolute atomic E-state index is 0. The molecule has 3 N–H and O–H groups in total. The van der Waals surface area contributed by atoms with Crippen LogP contribution in [0.1, 0.15) is 26.2 Å². The third-order valence-corrected chi connectivity index (χ3v) is 3.78. The van der Waals surface area contributed by atoms with Gasteiger partial charge in [-0.25, -0.2) is 0 Å². The summed E-state index contributed by atoms with van der Waals surface area (Å²) in [5, 5.41) is 13.0. The number of nitrogens with one attached hydrogen (secondary N) is 3. The molecule has 22 heavy (non-hydrogen) atoms. The van der Waals surface area contributed by atoms with Gasteiger partial charge in [0.1, 0.15) is 5.54 Å². The van der Waals surface area contributed by atoms with Crippen LogP contribution in [0.5, 0.6) is 0 Å². The lowest BCUT2D eigenvalue weighted by Crippen LogP contribution is -2.55. The predicted octanol–water partition coefficient (Wildman–Crippen LogP) is 0.0260. The van der Waals surface area contributed by atoms with Gasteiger partial charge >= 0.3 is 0 Å². The molecule has 0 spiro atoms. The molecular formula is C14H24ClN5O2. The molecule has 2 rings (SSSR count). The van der Waals surface area contributed by atoms with Gasteiger partial charge in [0.05, 0.1) is 6.54 Å². The van der Waals surface area contributed by atoms with E-state index in [0.29, 0.717) is 19.4 Å². The number of amides is 2. The molecule has 7 nitrogen and oxygen atoms in total. The fourth-order valence-electron chi connectivity index (χ4n) is 2.57. The van der Waals surface area contributed by atoms with E-state index < -0.39 is 5.54 Å². The van der Waals surface area contributed by atoms with Gasteiger partial charge in [-0.1, -0.05) is 6.92 Å². The van der Waals surface area contributed by atoms with Crippen LogP contribution in [0, 0.1) is 0 Å². The highest BCUT2D eigenvalue weighted by atomic mass is 35.5. The fourth-order valence-corrected chi connectivity index (χ4v) is 2.57. The number of hydrogen-bond acceptors (Lipinski definition) is 4. The maximum absolute atomic E-state index is 12.6. The molecule has 1 aliphatic rings. The van der Waals surface area contributed by atoms with Crippen molar-refractivity contribution in [3.8, 4) is 0 Å². The molecule has 1 fully saturated rings. The van der Waals surface area contributed by atoms with Crippen molar-refractivity contribution in [1.82, 2.24) is 25.7 Å². The zero-order valence-electron chi connectivity index (χ0n) is 12.8. The topological polar surface area (TPSA) is 88.1 Å². The van der Waals surface area contributed by atoms with Crippen LogP contribution in [0.2, 0.25) is 0 Å². The SMILES string of the molecule is CCCNC(=O)CNC(=O)C1(n2cccn2)CCNCC1.Cl. The van der Waals surface area contributed by atoms with Crippen molar-refractivity contribution in [2.75, 3.05) is 26.2 Å². The summed E-state index contributed by atoms with van der Waals surface area (Å²) in [4.78, 5) is 24.2. The quantitative estimate of drug-likeness (QED) is 0.687. The van der Waals surface area contributed by atoms with E-state index in [9.17, 15) is 9.59 Å². The monoisotopic (exact) mass is 329 g/mol. The van der Waals surface area contributed by atoms with E-state index in [2.05, 4.69) is 21.0 Å². The molecule has 2 heterocycles. The van der Waals surface area contributed by atoms with Crippen LogP contribution in [0.15, 0.2) is 18.5 Å². The molecule has 8 heteroatoms. The summed E-state index contributed by atoms with van der Waals surface area (Å²) in [6.45, 7) is 4.14. The van der Waals surface area contributed by atoms with Gasteiger partial charge in [0.2, 0.25) is 11.8 Å². The molecule has 0 aliphatic carbocycles. The summed E-state index contributed by atoms with van der Waals surface area (Å²) >= 11 is 0. The highest BCUT2D eigenvalue weighted by Gasteiger charge is 2.41. The Morgan fingerprint density at radius 1 is 1.32 bits per heavy atom. The van der Waals surface area contributed by atoms with E-state index in [1.54, 1.807) is 10.9 Å². The predicted molar refractivity (Wildman–Crippen MR) is 85.9 cm³/mol. The third kappa shape index (κ3) is 4.20. The second kappa shape index (κ2) is 8.75. The highest BCUT2D eigenvalue weighted by Crippen LogP contribution is 2.26. The Bertz CT molecular complexity index is 472. The van der Waals surface area contributed by atoms with Gasteiger partial charge in [0, 0.05) is 18.9 Å². The molecule has 0 aromatic carbocycles. The van der Waals surface area contributed by atoms with Crippen LogP contribution >= 0.6 is 12.4 Å².